The van der Waals surface area contributed by atoms with Gasteiger partial charge in [0.05, 0.1) is 12.8 Å². The number of hydrogen-bond donors (Lipinski definition) is 2. The van der Waals surface area contributed by atoms with E-state index in [4.69, 9.17) is 18.7 Å². The van der Waals surface area contributed by atoms with Gasteiger partial charge in [0.25, 0.3) is 0 Å². The van der Waals surface area contributed by atoms with Gasteiger partial charge in [-0.05, 0) is 48.5 Å². The summed E-state index contributed by atoms with van der Waals surface area (Å²) in [6.07, 6.45) is 0.339. The normalized spacial score (nSPS) is 10.9. The molecule has 0 aliphatic heterocycles. The topological polar surface area (TPSA) is 136 Å². The Labute approximate surface area is 258 Å². The van der Waals surface area contributed by atoms with Gasteiger partial charge in [-0.3, -0.25) is 9.59 Å². The van der Waals surface area contributed by atoms with E-state index in [1.165, 1.54) is 0 Å². The van der Waals surface area contributed by atoms with E-state index >= 15 is 0 Å². The highest BCUT2D eigenvalue weighted by atomic mass is 16.5. The van der Waals surface area contributed by atoms with Crippen LogP contribution in [0.15, 0.2) is 118 Å². The van der Waals surface area contributed by atoms with Gasteiger partial charge < -0.3 is 23.8 Å². The van der Waals surface area contributed by atoms with Crippen LogP contribution < -0.4 is 4.74 Å². The third kappa shape index (κ3) is 7.00. The van der Waals surface area contributed by atoms with Crippen LogP contribution in [-0.2, 0) is 22.4 Å². The third-order valence-electron chi connectivity index (χ3n) is 7.01. The number of carbonyl (C=O) groups excluding carboxylic acids is 1. The molecule has 0 unspecified atom stereocenters. The number of nitrogens with zero attached hydrogens (tertiary/aromatic N) is 2. The molecule has 0 fully saturated rings. The van der Waals surface area contributed by atoms with Crippen molar-refractivity contribution in [2.75, 3.05) is 0 Å². The summed E-state index contributed by atoms with van der Waals surface area (Å²) in [6.45, 7) is 0. The lowest BCUT2D eigenvalue weighted by Crippen LogP contribution is -2.09. The van der Waals surface area contributed by atoms with Crippen LogP contribution in [0.5, 0.6) is 11.5 Å². The second-order valence-electron chi connectivity index (χ2n) is 10.2. The lowest BCUT2D eigenvalue weighted by molar-refractivity contribution is -0.137. The zero-order valence-corrected chi connectivity index (χ0v) is 24.1. The second kappa shape index (κ2) is 13.1. The van der Waals surface area contributed by atoms with E-state index in [-0.39, 0.29) is 31.4 Å². The minimum Gasteiger partial charge on any atom is -0.508 e. The van der Waals surface area contributed by atoms with Crippen LogP contribution in [0.3, 0.4) is 0 Å². The highest BCUT2D eigenvalue weighted by Crippen LogP contribution is 2.35. The van der Waals surface area contributed by atoms with Crippen LogP contribution in [0.4, 0.5) is 0 Å². The van der Waals surface area contributed by atoms with E-state index in [9.17, 15) is 14.7 Å². The van der Waals surface area contributed by atoms with Crippen molar-refractivity contribution in [3.05, 3.63) is 121 Å². The molecule has 224 valence electrons. The first-order valence-corrected chi connectivity index (χ1v) is 14.4. The number of oxazole rings is 2. The number of esters is 1. The van der Waals surface area contributed by atoms with Crippen molar-refractivity contribution >= 4 is 11.9 Å². The first-order chi connectivity index (χ1) is 21.9. The zero-order chi connectivity index (χ0) is 31.2. The molecule has 2 aromatic heterocycles. The number of hydrogen-bond acceptors (Lipinski definition) is 8. The van der Waals surface area contributed by atoms with Gasteiger partial charge in [0, 0.05) is 35.1 Å². The van der Waals surface area contributed by atoms with E-state index in [0.717, 1.165) is 16.7 Å². The van der Waals surface area contributed by atoms with Gasteiger partial charge >= 0.3 is 11.9 Å². The number of phenolic OH excluding ortho intramolecular Hbond substituents is 1. The predicted molar refractivity (Wildman–Crippen MR) is 166 cm³/mol. The Bertz CT molecular complexity index is 1910. The molecule has 2 N–H and O–H groups in total. The van der Waals surface area contributed by atoms with E-state index in [2.05, 4.69) is 9.97 Å². The summed E-state index contributed by atoms with van der Waals surface area (Å²) in [5.74, 6) is 0.929. The molecule has 45 heavy (non-hydrogen) atoms. The molecular weight excluding hydrogens is 572 g/mol. The van der Waals surface area contributed by atoms with Gasteiger partial charge in [-0.15, -0.1) is 0 Å². The average Bonchev–Trinajstić information content (AvgIpc) is 3.70. The molecule has 0 bridgehead atoms. The Morgan fingerprint density at radius 1 is 0.600 bits per heavy atom. The smallest absolute Gasteiger partial charge is 0.311 e. The first-order valence-electron chi connectivity index (χ1n) is 14.4. The second-order valence-corrected chi connectivity index (χ2v) is 10.2. The molecule has 0 radical (unpaired) electrons. The van der Waals surface area contributed by atoms with E-state index in [0.29, 0.717) is 46.0 Å². The highest BCUT2D eigenvalue weighted by molar-refractivity contribution is 5.79. The van der Waals surface area contributed by atoms with E-state index < -0.39 is 11.9 Å². The van der Waals surface area contributed by atoms with Crippen LogP contribution in [0, 0.1) is 0 Å². The minimum atomic E-state index is -0.931. The van der Waals surface area contributed by atoms with Gasteiger partial charge in [-0.25, -0.2) is 9.97 Å². The van der Waals surface area contributed by atoms with Crippen molar-refractivity contribution in [1.29, 1.82) is 0 Å². The molecule has 6 rings (SSSR count). The summed E-state index contributed by atoms with van der Waals surface area (Å²) in [5, 5.41) is 18.8. The number of carboxylic acid groups (broad SMARTS) is 1. The fourth-order valence-corrected chi connectivity index (χ4v) is 4.81. The number of aromatic hydroxyl groups is 1. The van der Waals surface area contributed by atoms with Gasteiger partial charge in [-0.2, -0.15) is 0 Å². The number of carbonyl (C=O) groups is 2. The van der Waals surface area contributed by atoms with E-state index in [1.54, 1.807) is 48.5 Å². The largest absolute Gasteiger partial charge is 0.508 e. The fraction of sp³-hybridized carbons (Fsp3) is 0.111. The summed E-state index contributed by atoms with van der Waals surface area (Å²) in [4.78, 5) is 33.1. The number of aryl methyl sites for hydroxylation is 2. The average molecular weight is 601 g/mol. The summed E-state index contributed by atoms with van der Waals surface area (Å²) in [6, 6.07) is 32.6. The molecule has 0 aliphatic rings. The number of aliphatic carboxylic acids is 1. The van der Waals surface area contributed by atoms with Gasteiger partial charge in [0.2, 0.25) is 0 Å². The molecule has 0 atom stereocenters. The molecule has 0 saturated carbocycles. The molecule has 0 aliphatic carbocycles. The standard InChI is InChI=1S/C36H28N2O7/c39-27-15-11-24(12-16-27)34-35(25-9-5-2-6-10-25)45-30(38-34)20-22-32(42)43-28-17-13-26(14-18-28)36-33(23-7-3-1-4-8-23)37-29(44-36)19-21-31(40)41/h1-18,39H,19-22H2,(H,40,41). The zero-order valence-electron chi connectivity index (χ0n) is 24.1. The fourth-order valence-electron chi connectivity index (χ4n) is 4.81. The molecule has 0 saturated heterocycles. The van der Waals surface area contributed by atoms with Crippen LogP contribution >= 0.6 is 0 Å². The molecular formula is C36H28N2O7. The maximum atomic E-state index is 12.8. The Morgan fingerprint density at radius 3 is 1.62 bits per heavy atom. The lowest BCUT2D eigenvalue weighted by Gasteiger charge is -2.05. The summed E-state index contributed by atoms with van der Waals surface area (Å²) in [7, 11) is 0. The van der Waals surface area contributed by atoms with Crippen LogP contribution in [0.2, 0.25) is 0 Å². The van der Waals surface area contributed by atoms with Gasteiger partial charge in [0.1, 0.15) is 22.9 Å². The Hall–Kier alpha value is -5.96. The minimum absolute atomic E-state index is 0.0404. The van der Waals surface area contributed by atoms with E-state index in [1.807, 2.05) is 60.7 Å². The molecule has 0 amide bonds. The van der Waals surface area contributed by atoms with Crippen molar-refractivity contribution in [1.82, 2.24) is 9.97 Å². The van der Waals surface area contributed by atoms with Crippen molar-refractivity contribution < 1.29 is 33.4 Å². The lowest BCUT2D eigenvalue weighted by atomic mass is 10.1. The number of benzene rings is 4. The monoisotopic (exact) mass is 600 g/mol. The SMILES string of the molecule is O=C(O)CCc1nc(-c2ccccc2)c(-c2ccc(OC(=O)CCc3nc(-c4ccc(O)cc4)c(-c4ccccc4)o3)cc2)o1. The van der Waals surface area contributed by atoms with Gasteiger partial charge in [-0.1, -0.05) is 60.7 Å². The van der Waals surface area contributed by atoms with Crippen LogP contribution in [0.25, 0.3) is 45.2 Å². The number of phenols is 1. The number of carboxylic acids is 1. The molecule has 0 spiro atoms. The van der Waals surface area contributed by atoms with Gasteiger partial charge in [0.15, 0.2) is 23.3 Å². The Kier molecular flexibility index (Phi) is 8.50. The number of rotatable bonds is 11. The predicted octanol–water partition coefficient (Wildman–Crippen LogP) is 7.59. The van der Waals surface area contributed by atoms with Crippen LogP contribution in [-0.4, -0.2) is 32.1 Å². The molecule has 2 heterocycles. The summed E-state index contributed by atoms with van der Waals surface area (Å²) < 4.78 is 17.7. The maximum absolute atomic E-state index is 12.8. The highest BCUT2D eigenvalue weighted by Gasteiger charge is 2.20. The summed E-state index contributed by atoms with van der Waals surface area (Å²) in [5.41, 5.74) is 4.39. The Balaban J connectivity index is 1.15. The molecule has 9 nitrogen and oxygen atoms in total. The number of ether oxygens (including phenoxy) is 1. The van der Waals surface area contributed by atoms with Crippen LogP contribution in [0.1, 0.15) is 24.6 Å². The third-order valence-corrected chi connectivity index (χ3v) is 7.01. The number of aromatic nitrogens is 2. The quantitative estimate of drug-likeness (QED) is 0.114. The Morgan fingerprint density at radius 2 is 1.07 bits per heavy atom. The van der Waals surface area contributed by atoms with Crippen molar-refractivity contribution in [3.63, 3.8) is 0 Å². The first kappa shape index (κ1) is 29.1. The van der Waals surface area contributed by atoms with Crippen molar-refractivity contribution in [2.45, 2.75) is 25.7 Å². The molecule has 6 aromatic rings. The molecule has 4 aromatic carbocycles. The molecule has 9 heteroatoms. The maximum Gasteiger partial charge on any atom is 0.311 e. The van der Waals surface area contributed by atoms with Crippen molar-refractivity contribution in [2.24, 2.45) is 0 Å². The summed E-state index contributed by atoms with van der Waals surface area (Å²) >= 11 is 0. The van der Waals surface area contributed by atoms with Crippen molar-refractivity contribution in [3.8, 4) is 56.7 Å².